The molecule has 2 aromatic carbocycles. The molecule has 1 aliphatic rings. The number of carbonyl (C=O) groups is 2. The number of aryl methyl sites for hydroxylation is 3. The van der Waals surface area contributed by atoms with Crippen molar-refractivity contribution < 1.29 is 9.59 Å². The van der Waals surface area contributed by atoms with Crippen LogP contribution in [0.25, 0.3) is 0 Å². The van der Waals surface area contributed by atoms with E-state index < -0.39 is 6.04 Å². The molecule has 2 N–H and O–H groups in total. The highest BCUT2D eigenvalue weighted by Gasteiger charge is 2.41. The minimum absolute atomic E-state index is 0.256. The average Bonchev–Trinajstić information content (AvgIpc) is 2.97. The predicted molar refractivity (Wildman–Crippen MR) is 115 cm³/mol. The van der Waals surface area contributed by atoms with Crippen LogP contribution in [0.1, 0.15) is 38.7 Å². The largest absolute Gasteiger partial charge is 0.339 e. The van der Waals surface area contributed by atoms with Crippen molar-refractivity contribution in [3.8, 4) is 0 Å². The number of anilines is 1. The monoisotopic (exact) mass is 452 g/mol. The lowest BCUT2D eigenvalue weighted by atomic mass is 9.82. The maximum absolute atomic E-state index is 13.0. The molecule has 0 saturated carbocycles. The Balaban J connectivity index is 1.77. The zero-order valence-corrected chi connectivity index (χ0v) is 17.9. The van der Waals surface area contributed by atoms with E-state index >= 15 is 0 Å². The molecule has 0 spiro atoms. The molecule has 148 valence electrons. The molecule has 7 heteroatoms. The summed E-state index contributed by atoms with van der Waals surface area (Å²) in [6.07, 6.45) is 0. The van der Waals surface area contributed by atoms with Crippen LogP contribution < -0.4 is 10.6 Å². The van der Waals surface area contributed by atoms with Gasteiger partial charge in [-0.3, -0.25) is 14.3 Å². The van der Waals surface area contributed by atoms with Crippen molar-refractivity contribution in [3.63, 3.8) is 0 Å². The van der Waals surface area contributed by atoms with E-state index in [4.69, 9.17) is 0 Å². The van der Waals surface area contributed by atoms with E-state index in [1.807, 2.05) is 50.2 Å². The van der Waals surface area contributed by atoms with Crippen molar-refractivity contribution in [2.75, 3.05) is 5.32 Å². The van der Waals surface area contributed by atoms with E-state index in [1.54, 1.807) is 23.9 Å². The molecule has 0 aliphatic carbocycles. The van der Waals surface area contributed by atoms with E-state index in [1.165, 1.54) is 0 Å². The fourth-order valence-electron chi connectivity index (χ4n) is 3.82. The van der Waals surface area contributed by atoms with Crippen molar-refractivity contribution in [2.45, 2.75) is 25.8 Å². The second-order valence-corrected chi connectivity index (χ2v) is 8.22. The van der Waals surface area contributed by atoms with E-state index in [-0.39, 0.29) is 17.7 Å². The molecule has 2 atom stereocenters. The maximum Gasteiger partial charge on any atom is 0.251 e. The van der Waals surface area contributed by atoms with Crippen LogP contribution in [-0.2, 0) is 11.8 Å². The van der Waals surface area contributed by atoms with E-state index in [0.717, 1.165) is 26.9 Å². The van der Waals surface area contributed by atoms with Gasteiger partial charge in [0.1, 0.15) is 11.9 Å². The molecule has 2 heterocycles. The first-order valence-corrected chi connectivity index (χ1v) is 10.1. The van der Waals surface area contributed by atoms with Crippen LogP contribution >= 0.6 is 15.9 Å². The van der Waals surface area contributed by atoms with Crippen LogP contribution in [0.3, 0.4) is 0 Å². The molecule has 0 fully saturated rings. The van der Waals surface area contributed by atoms with Gasteiger partial charge in [-0.2, -0.15) is 5.10 Å². The topological polar surface area (TPSA) is 76.0 Å². The smallest absolute Gasteiger partial charge is 0.251 e. The van der Waals surface area contributed by atoms with Crippen molar-refractivity contribution in [2.24, 2.45) is 7.05 Å². The number of rotatable bonds is 3. The first-order chi connectivity index (χ1) is 13.8. The highest BCUT2D eigenvalue weighted by Crippen LogP contribution is 2.39. The molecule has 0 radical (unpaired) electrons. The maximum atomic E-state index is 13.0. The zero-order chi connectivity index (χ0) is 20.7. The van der Waals surface area contributed by atoms with E-state index in [9.17, 15) is 9.59 Å². The fourth-order valence-corrected chi connectivity index (χ4v) is 4.08. The third-order valence-electron chi connectivity index (χ3n) is 5.27. The number of aromatic nitrogens is 2. The zero-order valence-electron chi connectivity index (χ0n) is 16.4. The molecule has 0 bridgehead atoms. The number of hydrogen-bond donors (Lipinski definition) is 2. The van der Waals surface area contributed by atoms with Crippen LogP contribution in [0.5, 0.6) is 0 Å². The third kappa shape index (κ3) is 3.58. The Morgan fingerprint density at radius 1 is 1.10 bits per heavy atom. The number of hydrogen-bond acceptors (Lipinski definition) is 3. The Morgan fingerprint density at radius 2 is 1.76 bits per heavy atom. The third-order valence-corrected chi connectivity index (χ3v) is 5.80. The molecular weight excluding hydrogens is 432 g/mol. The Kier molecular flexibility index (Phi) is 5.00. The van der Waals surface area contributed by atoms with Gasteiger partial charge >= 0.3 is 0 Å². The van der Waals surface area contributed by atoms with Gasteiger partial charge in [0, 0.05) is 28.6 Å². The van der Waals surface area contributed by atoms with Crippen LogP contribution in [0.2, 0.25) is 0 Å². The highest BCUT2D eigenvalue weighted by atomic mass is 79.9. The first-order valence-electron chi connectivity index (χ1n) is 9.32. The number of carbonyl (C=O) groups excluding carboxylic acids is 2. The van der Waals surface area contributed by atoms with Crippen molar-refractivity contribution in [1.82, 2.24) is 15.1 Å². The Morgan fingerprint density at radius 3 is 2.41 bits per heavy atom. The Labute approximate surface area is 177 Å². The number of fused-ring (bicyclic) bond motifs is 1. The molecule has 6 nitrogen and oxygen atoms in total. The van der Waals surface area contributed by atoms with Gasteiger partial charge in [0.15, 0.2) is 0 Å². The molecule has 4 rings (SSSR count). The van der Waals surface area contributed by atoms with E-state index in [0.29, 0.717) is 11.4 Å². The second kappa shape index (κ2) is 7.48. The Hall–Kier alpha value is -2.93. The van der Waals surface area contributed by atoms with Crippen LogP contribution in [0, 0.1) is 13.8 Å². The van der Waals surface area contributed by atoms with Crippen molar-refractivity contribution in [3.05, 3.63) is 81.0 Å². The quantitative estimate of drug-likeness (QED) is 0.636. The summed E-state index contributed by atoms with van der Waals surface area (Å²) in [4.78, 5) is 25.9. The second-order valence-electron chi connectivity index (χ2n) is 7.31. The lowest BCUT2D eigenvalue weighted by Gasteiger charge is -2.32. The summed E-state index contributed by atoms with van der Waals surface area (Å²) >= 11 is 3.46. The van der Waals surface area contributed by atoms with Gasteiger partial charge in [-0.05, 0) is 43.7 Å². The normalized spacial score (nSPS) is 18.1. The van der Waals surface area contributed by atoms with Gasteiger partial charge in [0.05, 0.1) is 5.69 Å². The number of nitrogens with one attached hydrogen (secondary N) is 2. The summed E-state index contributed by atoms with van der Waals surface area (Å²) in [7, 11) is 1.80. The molecular formula is C22H21BrN4O2. The van der Waals surface area contributed by atoms with Crippen LogP contribution in [0.15, 0.2) is 53.0 Å². The summed E-state index contributed by atoms with van der Waals surface area (Å²) in [6.45, 7) is 3.88. The lowest BCUT2D eigenvalue weighted by Crippen LogP contribution is -2.50. The summed E-state index contributed by atoms with van der Waals surface area (Å²) in [5.74, 6) is -0.206. The standard InChI is InChI=1S/C22H21BrN4O2/c1-12-4-6-15(7-5-12)21(28)24-19-18(14-8-10-16(23)11-9-14)17-13(2)26-27(3)20(17)25-22(19)29/h4-11,18-19H,1-3H3,(H,24,28)(H,25,29)/t18-,19-/m1/s1. The van der Waals surface area contributed by atoms with E-state index in [2.05, 4.69) is 31.7 Å². The number of benzene rings is 2. The molecule has 1 aliphatic heterocycles. The van der Waals surface area contributed by atoms with Crippen LogP contribution in [0.4, 0.5) is 5.82 Å². The highest BCUT2D eigenvalue weighted by molar-refractivity contribution is 9.10. The number of nitrogens with zero attached hydrogens (tertiary/aromatic N) is 2. The molecule has 0 unspecified atom stereocenters. The van der Waals surface area contributed by atoms with Crippen LogP contribution in [-0.4, -0.2) is 27.6 Å². The number of halogens is 1. The SMILES string of the molecule is Cc1ccc(C(=O)N[C@H]2C(=O)Nc3c(c(C)nn3C)[C@H]2c2ccc(Br)cc2)cc1. The van der Waals surface area contributed by atoms with Gasteiger partial charge in [-0.15, -0.1) is 0 Å². The summed E-state index contributed by atoms with van der Waals surface area (Å²) in [5, 5.41) is 10.3. The predicted octanol–water partition coefficient (Wildman–Crippen LogP) is 3.68. The Bertz CT molecular complexity index is 1090. The van der Waals surface area contributed by atoms with Gasteiger partial charge in [-0.1, -0.05) is 45.8 Å². The summed E-state index contributed by atoms with van der Waals surface area (Å²) < 4.78 is 2.62. The average molecular weight is 453 g/mol. The molecule has 1 aromatic heterocycles. The number of amides is 2. The summed E-state index contributed by atoms with van der Waals surface area (Å²) in [5.41, 5.74) is 4.27. The lowest BCUT2D eigenvalue weighted by molar-refractivity contribution is -0.118. The minimum atomic E-state index is -0.750. The minimum Gasteiger partial charge on any atom is -0.339 e. The van der Waals surface area contributed by atoms with Crippen molar-refractivity contribution >= 4 is 33.6 Å². The fraction of sp³-hybridized carbons (Fsp3) is 0.227. The van der Waals surface area contributed by atoms with Gasteiger partial charge in [-0.25, -0.2) is 0 Å². The molecule has 0 saturated heterocycles. The van der Waals surface area contributed by atoms with Gasteiger partial charge < -0.3 is 10.6 Å². The van der Waals surface area contributed by atoms with Gasteiger partial charge in [0.2, 0.25) is 5.91 Å². The summed E-state index contributed by atoms with van der Waals surface area (Å²) in [6, 6.07) is 14.3. The molecule has 2 amide bonds. The van der Waals surface area contributed by atoms with Gasteiger partial charge in [0.25, 0.3) is 5.91 Å². The molecule has 29 heavy (non-hydrogen) atoms. The van der Waals surface area contributed by atoms with Crippen molar-refractivity contribution in [1.29, 1.82) is 0 Å². The molecule has 3 aromatic rings. The first kappa shape index (κ1) is 19.4.